The van der Waals surface area contributed by atoms with Gasteiger partial charge in [-0.15, -0.1) is 0 Å². The fourth-order valence-electron chi connectivity index (χ4n) is 2.73. The summed E-state index contributed by atoms with van der Waals surface area (Å²) in [7, 11) is 0. The van der Waals surface area contributed by atoms with Crippen molar-refractivity contribution in [3.8, 4) is 0 Å². The van der Waals surface area contributed by atoms with Gasteiger partial charge in [-0.3, -0.25) is 9.78 Å². The molecule has 4 heteroatoms. The van der Waals surface area contributed by atoms with E-state index in [1.165, 1.54) is 12.8 Å². The fourth-order valence-corrected chi connectivity index (χ4v) is 2.73. The van der Waals surface area contributed by atoms with E-state index in [0.717, 1.165) is 31.0 Å². The van der Waals surface area contributed by atoms with Crippen molar-refractivity contribution in [2.75, 3.05) is 19.6 Å². The standard InChI is InChI=1S/C16H25N3O/c1-3-19(12-15-8-4-6-13(2)18-15)16(20)10-14-7-5-9-17-11-14/h4,6,8,14,17H,3,5,7,9-12H2,1-2H3. The number of hydrogen-bond acceptors (Lipinski definition) is 3. The van der Waals surface area contributed by atoms with E-state index in [-0.39, 0.29) is 5.91 Å². The Hall–Kier alpha value is -1.42. The van der Waals surface area contributed by atoms with Crippen LogP contribution in [-0.4, -0.2) is 35.4 Å². The molecule has 0 saturated carbocycles. The van der Waals surface area contributed by atoms with Gasteiger partial charge in [0, 0.05) is 18.7 Å². The highest BCUT2D eigenvalue weighted by atomic mass is 16.2. The number of nitrogens with one attached hydrogen (secondary N) is 1. The van der Waals surface area contributed by atoms with Gasteiger partial charge in [-0.05, 0) is 57.8 Å². The molecule has 1 amide bonds. The Morgan fingerprint density at radius 3 is 3.00 bits per heavy atom. The molecule has 1 saturated heterocycles. The van der Waals surface area contributed by atoms with Crippen LogP contribution in [0.25, 0.3) is 0 Å². The molecule has 0 spiro atoms. The molecule has 1 aliphatic heterocycles. The minimum absolute atomic E-state index is 0.254. The van der Waals surface area contributed by atoms with Crippen molar-refractivity contribution in [1.29, 1.82) is 0 Å². The van der Waals surface area contributed by atoms with Crippen LogP contribution < -0.4 is 5.32 Å². The molecule has 4 nitrogen and oxygen atoms in total. The van der Waals surface area contributed by atoms with Gasteiger partial charge >= 0.3 is 0 Å². The van der Waals surface area contributed by atoms with E-state index in [1.807, 2.05) is 36.9 Å². The summed E-state index contributed by atoms with van der Waals surface area (Å²) in [4.78, 5) is 18.8. The van der Waals surface area contributed by atoms with Crippen molar-refractivity contribution < 1.29 is 4.79 Å². The molecular formula is C16H25N3O. The van der Waals surface area contributed by atoms with Crippen molar-refractivity contribution >= 4 is 5.91 Å². The first-order valence-corrected chi connectivity index (χ1v) is 7.60. The normalized spacial score (nSPS) is 18.8. The Morgan fingerprint density at radius 1 is 1.50 bits per heavy atom. The number of amides is 1. The zero-order valence-corrected chi connectivity index (χ0v) is 12.6. The van der Waals surface area contributed by atoms with Crippen molar-refractivity contribution in [3.05, 3.63) is 29.6 Å². The number of piperidine rings is 1. The van der Waals surface area contributed by atoms with Gasteiger partial charge in [0.2, 0.25) is 5.91 Å². The number of rotatable bonds is 5. The Balaban J connectivity index is 1.91. The molecule has 1 aromatic heterocycles. The topological polar surface area (TPSA) is 45.2 Å². The van der Waals surface area contributed by atoms with Crippen LogP contribution in [0.2, 0.25) is 0 Å². The van der Waals surface area contributed by atoms with E-state index in [0.29, 0.717) is 18.9 Å². The summed E-state index contributed by atoms with van der Waals surface area (Å²) >= 11 is 0. The maximum absolute atomic E-state index is 12.4. The smallest absolute Gasteiger partial charge is 0.223 e. The first-order valence-electron chi connectivity index (χ1n) is 7.60. The minimum Gasteiger partial charge on any atom is -0.337 e. The zero-order valence-electron chi connectivity index (χ0n) is 12.6. The van der Waals surface area contributed by atoms with Crippen molar-refractivity contribution in [1.82, 2.24) is 15.2 Å². The van der Waals surface area contributed by atoms with E-state index in [2.05, 4.69) is 10.3 Å². The predicted molar refractivity (Wildman–Crippen MR) is 80.3 cm³/mol. The van der Waals surface area contributed by atoms with Crippen LogP contribution in [0, 0.1) is 12.8 Å². The maximum Gasteiger partial charge on any atom is 0.223 e. The lowest BCUT2D eigenvalue weighted by Crippen LogP contribution is -2.36. The maximum atomic E-state index is 12.4. The number of aryl methyl sites for hydroxylation is 1. The number of pyridine rings is 1. The fraction of sp³-hybridized carbons (Fsp3) is 0.625. The number of nitrogens with zero attached hydrogens (tertiary/aromatic N) is 2. The zero-order chi connectivity index (χ0) is 14.4. The lowest BCUT2D eigenvalue weighted by atomic mass is 9.95. The van der Waals surface area contributed by atoms with Gasteiger partial charge in [0.15, 0.2) is 0 Å². The summed E-state index contributed by atoms with van der Waals surface area (Å²) in [6, 6.07) is 5.97. The minimum atomic E-state index is 0.254. The molecule has 2 heterocycles. The Morgan fingerprint density at radius 2 is 2.35 bits per heavy atom. The molecule has 1 fully saturated rings. The van der Waals surface area contributed by atoms with E-state index >= 15 is 0 Å². The van der Waals surface area contributed by atoms with Crippen LogP contribution in [0.1, 0.15) is 37.6 Å². The van der Waals surface area contributed by atoms with E-state index in [4.69, 9.17) is 0 Å². The van der Waals surface area contributed by atoms with Crippen LogP contribution in [0.15, 0.2) is 18.2 Å². The Bertz CT molecular complexity index is 441. The second-order valence-electron chi connectivity index (χ2n) is 5.59. The molecule has 0 aliphatic carbocycles. The van der Waals surface area contributed by atoms with Gasteiger partial charge in [0.1, 0.15) is 0 Å². The van der Waals surface area contributed by atoms with Gasteiger partial charge in [-0.25, -0.2) is 0 Å². The molecule has 1 aliphatic rings. The molecule has 0 aromatic carbocycles. The Labute approximate surface area is 121 Å². The first-order chi connectivity index (χ1) is 9.69. The van der Waals surface area contributed by atoms with Crippen LogP contribution >= 0.6 is 0 Å². The van der Waals surface area contributed by atoms with Gasteiger partial charge in [-0.1, -0.05) is 6.07 Å². The summed E-state index contributed by atoms with van der Waals surface area (Å²) in [6.45, 7) is 7.45. The Kier molecular flexibility index (Phi) is 5.53. The summed E-state index contributed by atoms with van der Waals surface area (Å²) in [5, 5.41) is 3.37. The van der Waals surface area contributed by atoms with Crippen LogP contribution in [0.5, 0.6) is 0 Å². The molecule has 1 N–H and O–H groups in total. The van der Waals surface area contributed by atoms with Crippen LogP contribution in [0.4, 0.5) is 0 Å². The molecule has 1 aromatic rings. The number of carbonyl (C=O) groups is 1. The highest BCUT2D eigenvalue weighted by Crippen LogP contribution is 2.16. The lowest BCUT2D eigenvalue weighted by Gasteiger charge is -2.26. The third kappa shape index (κ3) is 4.30. The lowest BCUT2D eigenvalue weighted by molar-refractivity contribution is -0.132. The monoisotopic (exact) mass is 275 g/mol. The molecule has 110 valence electrons. The van der Waals surface area contributed by atoms with Crippen molar-refractivity contribution in [2.45, 2.75) is 39.7 Å². The molecule has 0 bridgehead atoms. The third-order valence-corrected chi connectivity index (χ3v) is 3.90. The number of carbonyl (C=O) groups excluding carboxylic acids is 1. The quantitative estimate of drug-likeness (QED) is 0.895. The molecule has 0 radical (unpaired) electrons. The van der Waals surface area contributed by atoms with Crippen LogP contribution in [-0.2, 0) is 11.3 Å². The molecule has 20 heavy (non-hydrogen) atoms. The first kappa shape index (κ1) is 15.0. The predicted octanol–water partition coefficient (Wildman–Crippen LogP) is 2.13. The second kappa shape index (κ2) is 7.39. The van der Waals surface area contributed by atoms with Gasteiger partial charge in [0.25, 0.3) is 0 Å². The average molecular weight is 275 g/mol. The van der Waals surface area contributed by atoms with Crippen molar-refractivity contribution in [2.24, 2.45) is 5.92 Å². The third-order valence-electron chi connectivity index (χ3n) is 3.90. The second-order valence-corrected chi connectivity index (χ2v) is 5.59. The number of aromatic nitrogens is 1. The molecular weight excluding hydrogens is 250 g/mol. The highest BCUT2D eigenvalue weighted by Gasteiger charge is 2.20. The van der Waals surface area contributed by atoms with E-state index < -0.39 is 0 Å². The van der Waals surface area contributed by atoms with Crippen LogP contribution in [0.3, 0.4) is 0 Å². The average Bonchev–Trinajstić information content (AvgIpc) is 2.46. The summed E-state index contributed by atoms with van der Waals surface area (Å²) in [5.41, 5.74) is 1.98. The van der Waals surface area contributed by atoms with E-state index in [1.54, 1.807) is 0 Å². The SMILES string of the molecule is CCN(Cc1cccc(C)n1)C(=O)CC1CCCNC1. The van der Waals surface area contributed by atoms with Gasteiger partial charge < -0.3 is 10.2 Å². The molecule has 1 atom stereocenters. The number of hydrogen-bond donors (Lipinski definition) is 1. The molecule has 1 unspecified atom stereocenters. The van der Waals surface area contributed by atoms with Gasteiger partial charge in [0.05, 0.1) is 12.2 Å². The summed E-state index contributed by atoms with van der Waals surface area (Å²) < 4.78 is 0. The highest BCUT2D eigenvalue weighted by molar-refractivity contribution is 5.76. The summed E-state index contributed by atoms with van der Waals surface area (Å²) in [5.74, 6) is 0.750. The molecule has 2 rings (SSSR count). The summed E-state index contributed by atoms with van der Waals surface area (Å²) in [6.07, 6.45) is 3.01. The largest absolute Gasteiger partial charge is 0.337 e. The van der Waals surface area contributed by atoms with E-state index in [9.17, 15) is 4.79 Å². The van der Waals surface area contributed by atoms with Gasteiger partial charge in [-0.2, -0.15) is 0 Å². The van der Waals surface area contributed by atoms with Crippen molar-refractivity contribution in [3.63, 3.8) is 0 Å².